The van der Waals surface area contributed by atoms with Crippen molar-refractivity contribution < 1.29 is 19.1 Å². The van der Waals surface area contributed by atoms with E-state index in [0.29, 0.717) is 31.1 Å². The molecule has 0 fully saturated rings. The standard InChI is InChI=1S/C19H36O4S/c1-3-5-6-7-8-9-10-11-12-13-15-23-18(20)14-16-24-17-19(21)22-4-2/h3-17H2,1-2H3. The van der Waals surface area contributed by atoms with Crippen molar-refractivity contribution in [2.24, 2.45) is 0 Å². The Kier molecular flexibility index (Phi) is 18.1. The first-order valence-corrected chi connectivity index (χ1v) is 10.7. The molecule has 0 N–H and O–H groups in total. The van der Waals surface area contributed by atoms with Crippen molar-refractivity contribution in [3.8, 4) is 0 Å². The Labute approximate surface area is 152 Å². The highest BCUT2D eigenvalue weighted by Crippen LogP contribution is 2.10. The van der Waals surface area contributed by atoms with Crippen molar-refractivity contribution in [2.75, 3.05) is 24.7 Å². The number of hydrogen-bond acceptors (Lipinski definition) is 5. The first kappa shape index (κ1) is 23.3. The molecule has 0 amide bonds. The summed E-state index contributed by atoms with van der Waals surface area (Å²) in [7, 11) is 0. The summed E-state index contributed by atoms with van der Waals surface area (Å²) in [4.78, 5) is 22.6. The quantitative estimate of drug-likeness (QED) is 0.266. The van der Waals surface area contributed by atoms with Gasteiger partial charge in [0.15, 0.2) is 0 Å². The molecule has 24 heavy (non-hydrogen) atoms. The van der Waals surface area contributed by atoms with Crippen LogP contribution in [-0.4, -0.2) is 36.7 Å². The molecular weight excluding hydrogens is 324 g/mol. The smallest absolute Gasteiger partial charge is 0.315 e. The third-order valence-corrected chi connectivity index (χ3v) is 4.67. The lowest BCUT2D eigenvalue weighted by Gasteiger charge is -2.05. The molecule has 0 aromatic rings. The van der Waals surface area contributed by atoms with Gasteiger partial charge in [-0.25, -0.2) is 0 Å². The predicted octanol–water partition coefficient (Wildman–Crippen LogP) is 5.14. The van der Waals surface area contributed by atoms with Gasteiger partial charge in [0.05, 0.1) is 25.4 Å². The number of rotatable bonds is 17. The van der Waals surface area contributed by atoms with Crippen molar-refractivity contribution in [1.29, 1.82) is 0 Å². The lowest BCUT2D eigenvalue weighted by Crippen LogP contribution is -2.10. The molecule has 4 nitrogen and oxygen atoms in total. The Morgan fingerprint density at radius 2 is 1.33 bits per heavy atom. The van der Waals surface area contributed by atoms with E-state index in [4.69, 9.17) is 9.47 Å². The van der Waals surface area contributed by atoms with Gasteiger partial charge in [-0.05, 0) is 13.3 Å². The van der Waals surface area contributed by atoms with Gasteiger partial charge in [-0.1, -0.05) is 64.7 Å². The Hall–Kier alpha value is -0.710. The van der Waals surface area contributed by atoms with Crippen LogP contribution in [0, 0.1) is 0 Å². The highest BCUT2D eigenvalue weighted by Gasteiger charge is 2.05. The van der Waals surface area contributed by atoms with Crippen LogP contribution in [0.5, 0.6) is 0 Å². The summed E-state index contributed by atoms with van der Waals surface area (Å²) in [5, 5.41) is 0. The number of hydrogen-bond donors (Lipinski definition) is 0. The van der Waals surface area contributed by atoms with E-state index < -0.39 is 0 Å². The summed E-state index contributed by atoms with van der Waals surface area (Å²) < 4.78 is 10.0. The van der Waals surface area contributed by atoms with E-state index in [1.54, 1.807) is 6.92 Å². The van der Waals surface area contributed by atoms with Gasteiger partial charge in [0.1, 0.15) is 0 Å². The second-order valence-corrected chi connectivity index (χ2v) is 7.12. The van der Waals surface area contributed by atoms with Gasteiger partial charge in [-0.15, -0.1) is 11.8 Å². The lowest BCUT2D eigenvalue weighted by molar-refractivity contribution is -0.143. The highest BCUT2D eigenvalue weighted by molar-refractivity contribution is 7.99. The van der Waals surface area contributed by atoms with Gasteiger partial charge in [-0.2, -0.15) is 0 Å². The SMILES string of the molecule is CCCCCCCCCCCCOC(=O)CCSCC(=O)OCC. The number of unbranched alkanes of at least 4 members (excludes halogenated alkanes) is 9. The zero-order chi connectivity index (χ0) is 17.9. The minimum Gasteiger partial charge on any atom is -0.466 e. The molecule has 0 unspecified atom stereocenters. The first-order valence-electron chi connectivity index (χ1n) is 9.59. The van der Waals surface area contributed by atoms with E-state index in [1.807, 2.05) is 0 Å². The molecular formula is C19H36O4S. The Balaban J connectivity index is 3.22. The van der Waals surface area contributed by atoms with Crippen molar-refractivity contribution >= 4 is 23.7 Å². The summed E-state index contributed by atoms with van der Waals surface area (Å²) in [5.74, 6) is 0.526. The number of ether oxygens (including phenoxy) is 2. The fraction of sp³-hybridized carbons (Fsp3) is 0.895. The Bertz CT molecular complexity index is 308. The second-order valence-electron chi connectivity index (χ2n) is 6.01. The van der Waals surface area contributed by atoms with Crippen LogP contribution in [0.1, 0.15) is 84.5 Å². The second kappa shape index (κ2) is 18.6. The normalized spacial score (nSPS) is 10.6. The molecule has 5 heteroatoms. The van der Waals surface area contributed by atoms with E-state index >= 15 is 0 Å². The highest BCUT2D eigenvalue weighted by atomic mass is 32.2. The maximum absolute atomic E-state index is 11.5. The molecule has 0 aliphatic rings. The van der Waals surface area contributed by atoms with Crippen LogP contribution in [0.15, 0.2) is 0 Å². The lowest BCUT2D eigenvalue weighted by atomic mass is 10.1. The van der Waals surface area contributed by atoms with Crippen LogP contribution in [-0.2, 0) is 19.1 Å². The average molecular weight is 361 g/mol. The van der Waals surface area contributed by atoms with Gasteiger partial charge >= 0.3 is 11.9 Å². The molecule has 0 saturated carbocycles. The zero-order valence-electron chi connectivity index (χ0n) is 15.6. The van der Waals surface area contributed by atoms with E-state index in [9.17, 15) is 9.59 Å². The summed E-state index contributed by atoms with van der Waals surface area (Å²) >= 11 is 1.41. The van der Waals surface area contributed by atoms with E-state index in [-0.39, 0.29) is 11.9 Å². The summed E-state index contributed by atoms with van der Waals surface area (Å²) in [6, 6.07) is 0. The fourth-order valence-electron chi connectivity index (χ4n) is 2.36. The van der Waals surface area contributed by atoms with Crippen molar-refractivity contribution in [2.45, 2.75) is 84.5 Å². The third kappa shape index (κ3) is 17.6. The molecule has 0 spiro atoms. The topological polar surface area (TPSA) is 52.6 Å². The van der Waals surface area contributed by atoms with Crippen molar-refractivity contribution in [3.05, 3.63) is 0 Å². The van der Waals surface area contributed by atoms with Crippen LogP contribution in [0.3, 0.4) is 0 Å². The van der Waals surface area contributed by atoms with Gasteiger partial charge in [0.2, 0.25) is 0 Å². The maximum atomic E-state index is 11.5. The van der Waals surface area contributed by atoms with Crippen LogP contribution in [0.25, 0.3) is 0 Å². The molecule has 0 atom stereocenters. The molecule has 0 aromatic heterocycles. The van der Waals surface area contributed by atoms with Gasteiger partial charge in [-0.3, -0.25) is 9.59 Å². The molecule has 0 rings (SSSR count). The van der Waals surface area contributed by atoms with Gasteiger partial charge < -0.3 is 9.47 Å². The predicted molar refractivity (Wildman–Crippen MR) is 101 cm³/mol. The largest absolute Gasteiger partial charge is 0.466 e. The molecule has 0 aromatic carbocycles. The average Bonchev–Trinajstić information content (AvgIpc) is 2.57. The van der Waals surface area contributed by atoms with Crippen LogP contribution in [0.2, 0.25) is 0 Å². The Morgan fingerprint density at radius 3 is 1.92 bits per heavy atom. The van der Waals surface area contributed by atoms with Crippen LogP contribution in [0.4, 0.5) is 0 Å². The van der Waals surface area contributed by atoms with E-state index in [0.717, 1.165) is 12.8 Å². The van der Waals surface area contributed by atoms with Gasteiger partial charge in [0.25, 0.3) is 0 Å². The number of carbonyl (C=O) groups is 2. The zero-order valence-corrected chi connectivity index (χ0v) is 16.5. The van der Waals surface area contributed by atoms with Crippen molar-refractivity contribution in [1.82, 2.24) is 0 Å². The molecule has 0 saturated heterocycles. The molecule has 0 bridgehead atoms. The Morgan fingerprint density at radius 1 is 0.750 bits per heavy atom. The molecule has 0 aliphatic heterocycles. The summed E-state index contributed by atoms with van der Waals surface area (Å²) in [6.45, 7) is 4.96. The number of carbonyl (C=O) groups excluding carboxylic acids is 2. The maximum Gasteiger partial charge on any atom is 0.315 e. The third-order valence-electron chi connectivity index (χ3n) is 3.74. The molecule has 142 valence electrons. The molecule has 0 aliphatic carbocycles. The minimum atomic E-state index is -0.221. The summed E-state index contributed by atoms with van der Waals surface area (Å²) in [6.07, 6.45) is 13.1. The van der Waals surface area contributed by atoms with E-state index in [1.165, 1.54) is 63.1 Å². The van der Waals surface area contributed by atoms with Crippen molar-refractivity contribution in [3.63, 3.8) is 0 Å². The fourth-order valence-corrected chi connectivity index (χ4v) is 3.07. The van der Waals surface area contributed by atoms with E-state index in [2.05, 4.69) is 6.92 Å². The molecule has 0 heterocycles. The number of thioether (sulfide) groups is 1. The first-order chi connectivity index (χ1) is 11.7. The van der Waals surface area contributed by atoms with Gasteiger partial charge in [0, 0.05) is 5.75 Å². The van der Waals surface area contributed by atoms with Crippen LogP contribution >= 0.6 is 11.8 Å². The monoisotopic (exact) mass is 360 g/mol. The minimum absolute atomic E-state index is 0.165. The number of esters is 2. The molecule has 0 radical (unpaired) electrons. The summed E-state index contributed by atoms with van der Waals surface area (Å²) in [5.41, 5.74) is 0. The van der Waals surface area contributed by atoms with Crippen LogP contribution < -0.4 is 0 Å².